The van der Waals surface area contributed by atoms with Gasteiger partial charge in [-0.25, -0.2) is 12.8 Å². The number of hydrogen-bond acceptors (Lipinski definition) is 4. The summed E-state index contributed by atoms with van der Waals surface area (Å²) in [5.74, 6) is 0.439. The summed E-state index contributed by atoms with van der Waals surface area (Å²) in [7, 11) is -3.27. The van der Waals surface area contributed by atoms with Crippen molar-refractivity contribution in [2.45, 2.75) is 30.2 Å². The summed E-state index contributed by atoms with van der Waals surface area (Å²) >= 11 is 0. The maximum absolute atomic E-state index is 13.4. The van der Waals surface area contributed by atoms with Crippen LogP contribution in [0.4, 0.5) is 4.39 Å². The second-order valence-corrected chi connectivity index (χ2v) is 7.89. The van der Waals surface area contributed by atoms with E-state index in [1.807, 2.05) is 0 Å². The van der Waals surface area contributed by atoms with E-state index in [4.69, 9.17) is 4.74 Å². The molecule has 21 heavy (non-hydrogen) atoms. The van der Waals surface area contributed by atoms with E-state index in [1.165, 1.54) is 31.0 Å². The normalized spacial score (nSPS) is 23.8. The average molecular weight is 313 g/mol. The number of fused-ring (bicyclic) bond motifs is 1. The molecule has 2 aliphatic rings. The molecule has 1 heterocycles. The highest BCUT2D eigenvalue weighted by Crippen LogP contribution is 2.32. The smallest absolute Gasteiger partial charge is 0.178 e. The minimum Gasteiger partial charge on any atom is -0.380 e. The van der Waals surface area contributed by atoms with Crippen molar-refractivity contribution in [1.82, 2.24) is 5.32 Å². The van der Waals surface area contributed by atoms with Gasteiger partial charge >= 0.3 is 0 Å². The summed E-state index contributed by atoms with van der Waals surface area (Å²) in [4.78, 5) is 0.256. The van der Waals surface area contributed by atoms with Crippen LogP contribution in [-0.4, -0.2) is 33.9 Å². The zero-order valence-corrected chi connectivity index (χ0v) is 12.7. The molecular formula is C15H20FNO3S. The number of sulfone groups is 1. The molecule has 1 aliphatic carbocycles. The van der Waals surface area contributed by atoms with Gasteiger partial charge in [0.25, 0.3) is 0 Å². The fourth-order valence-corrected chi connectivity index (χ4v) is 4.27. The number of rotatable bonds is 6. The highest BCUT2D eigenvalue weighted by Gasteiger charge is 2.30. The predicted octanol–water partition coefficient (Wildman–Crippen LogP) is 2.06. The van der Waals surface area contributed by atoms with Crippen LogP contribution in [0.2, 0.25) is 0 Å². The second kappa shape index (κ2) is 6.02. The molecule has 1 aliphatic heterocycles. The Bertz CT molecular complexity index is 613. The lowest BCUT2D eigenvalue weighted by Crippen LogP contribution is -2.32. The van der Waals surface area contributed by atoms with Crippen LogP contribution < -0.4 is 5.32 Å². The highest BCUT2D eigenvalue weighted by atomic mass is 32.2. The maximum Gasteiger partial charge on any atom is 0.178 e. The minimum atomic E-state index is -3.27. The van der Waals surface area contributed by atoms with Crippen molar-refractivity contribution in [3.63, 3.8) is 0 Å². The van der Waals surface area contributed by atoms with Crippen molar-refractivity contribution in [3.8, 4) is 0 Å². The summed E-state index contributed by atoms with van der Waals surface area (Å²) in [6.45, 7) is 2.06. The molecule has 116 valence electrons. The van der Waals surface area contributed by atoms with Crippen molar-refractivity contribution >= 4 is 9.84 Å². The van der Waals surface area contributed by atoms with Crippen LogP contribution in [0.15, 0.2) is 23.1 Å². The Morgan fingerprint density at radius 2 is 2.10 bits per heavy atom. The van der Waals surface area contributed by atoms with E-state index in [2.05, 4.69) is 5.32 Å². The molecule has 0 amide bonds. The first-order chi connectivity index (χ1) is 10.1. The Balaban J connectivity index is 1.62. The Kier molecular flexibility index (Phi) is 4.28. The van der Waals surface area contributed by atoms with E-state index in [0.717, 1.165) is 12.5 Å². The third-order valence-electron chi connectivity index (χ3n) is 4.05. The summed E-state index contributed by atoms with van der Waals surface area (Å²) in [6, 6.07) is 3.78. The molecule has 1 aromatic rings. The van der Waals surface area contributed by atoms with Gasteiger partial charge in [-0.2, -0.15) is 0 Å². The lowest BCUT2D eigenvalue weighted by atomic mass is 10.0. The lowest BCUT2D eigenvalue weighted by molar-refractivity contribution is 0.124. The molecule has 6 heteroatoms. The van der Waals surface area contributed by atoms with Crippen LogP contribution in [0.5, 0.6) is 0 Å². The first-order valence-electron chi connectivity index (χ1n) is 7.39. The van der Waals surface area contributed by atoms with Crippen LogP contribution in [0, 0.1) is 11.7 Å². The van der Waals surface area contributed by atoms with E-state index >= 15 is 0 Å². The van der Waals surface area contributed by atoms with Gasteiger partial charge in [-0.15, -0.1) is 0 Å². The topological polar surface area (TPSA) is 55.4 Å². The van der Waals surface area contributed by atoms with Crippen molar-refractivity contribution in [2.75, 3.05) is 25.5 Å². The second-order valence-electron chi connectivity index (χ2n) is 5.81. The highest BCUT2D eigenvalue weighted by molar-refractivity contribution is 7.91. The van der Waals surface area contributed by atoms with Crippen LogP contribution in [-0.2, 0) is 14.6 Å². The summed E-state index contributed by atoms with van der Waals surface area (Å²) < 4.78 is 43.0. The summed E-state index contributed by atoms with van der Waals surface area (Å²) in [5, 5.41) is 3.28. The number of hydrogen-bond donors (Lipinski definition) is 1. The molecule has 1 atom stereocenters. The molecule has 3 rings (SSSR count). The number of halogens is 1. The third-order valence-corrected chi connectivity index (χ3v) is 5.86. The van der Waals surface area contributed by atoms with Crippen LogP contribution in [0.25, 0.3) is 0 Å². The Hall–Kier alpha value is -0.980. The number of ether oxygens (including phenoxy) is 1. The van der Waals surface area contributed by atoms with Gasteiger partial charge in [-0.05, 0) is 48.9 Å². The van der Waals surface area contributed by atoms with Gasteiger partial charge in [0.15, 0.2) is 9.84 Å². The fraction of sp³-hybridized carbons (Fsp3) is 0.600. The van der Waals surface area contributed by atoms with Crippen LogP contribution >= 0.6 is 0 Å². The van der Waals surface area contributed by atoms with Crippen LogP contribution in [0.3, 0.4) is 0 Å². The molecule has 1 fully saturated rings. The van der Waals surface area contributed by atoms with Crippen molar-refractivity contribution < 1.29 is 17.5 Å². The van der Waals surface area contributed by atoms with Gasteiger partial charge in [0.2, 0.25) is 0 Å². The Morgan fingerprint density at radius 1 is 1.29 bits per heavy atom. The van der Waals surface area contributed by atoms with Gasteiger partial charge in [-0.1, -0.05) is 0 Å². The van der Waals surface area contributed by atoms with E-state index in [1.54, 1.807) is 0 Å². The standard InChI is InChI=1S/C15H20FNO3S/c16-12-3-4-15-13(9-12)14(5-8-21(15,18)19)17-6-7-20-10-11-1-2-11/h3-4,9,11,14,17H,1-2,5-8,10H2. The monoisotopic (exact) mass is 313 g/mol. The van der Waals surface area contributed by atoms with E-state index in [0.29, 0.717) is 25.1 Å². The van der Waals surface area contributed by atoms with Gasteiger partial charge in [0.1, 0.15) is 5.82 Å². The van der Waals surface area contributed by atoms with Gasteiger partial charge in [0.05, 0.1) is 17.3 Å². The molecule has 0 aromatic heterocycles. The molecule has 1 saturated carbocycles. The predicted molar refractivity (Wildman–Crippen MR) is 77.4 cm³/mol. The van der Waals surface area contributed by atoms with Crippen molar-refractivity contribution in [1.29, 1.82) is 0 Å². The van der Waals surface area contributed by atoms with Gasteiger partial charge in [0, 0.05) is 19.2 Å². The summed E-state index contributed by atoms with van der Waals surface area (Å²) in [5.41, 5.74) is 0.545. The lowest BCUT2D eigenvalue weighted by Gasteiger charge is -2.26. The molecule has 0 saturated heterocycles. The maximum atomic E-state index is 13.4. The molecule has 0 spiro atoms. The quantitative estimate of drug-likeness (QED) is 0.645. The van der Waals surface area contributed by atoms with Gasteiger partial charge < -0.3 is 10.1 Å². The molecular weight excluding hydrogens is 293 g/mol. The average Bonchev–Trinajstić information content (AvgIpc) is 3.24. The van der Waals surface area contributed by atoms with Crippen molar-refractivity contribution in [2.24, 2.45) is 5.92 Å². The number of nitrogens with one attached hydrogen (secondary N) is 1. The first-order valence-corrected chi connectivity index (χ1v) is 9.05. The number of benzene rings is 1. The zero-order valence-electron chi connectivity index (χ0n) is 11.8. The van der Waals surface area contributed by atoms with Crippen LogP contribution in [0.1, 0.15) is 30.9 Å². The van der Waals surface area contributed by atoms with E-state index < -0.39 is 15.7 Å². The molecule has 0 radical (unpaired) electrons. The fourth-order valence-electron chi connectivity index (χ4n) is 2.67. The first kappa shape index (κ1) is 14.9. The Morgan fingerprint density at radius 3 is 2.86 bits per heavy atom. The Labute approximate surface area is 124 Å². The third kappa shape index (κ3) is 3.62. The molecule has 1 aromatic carbocycles. The zero-order chi connectivity index (χ0) is 14.9. The molecule has 1 N–H and O–H groups in total. The van der Waals surface area contributed by atoms with Crippen molar-refractivity contribution in [3.05, 3.63) is 29.6 Å². The largest absolute Gasteiger partial charge is 0.380 e. The molecule has 1 unspecified atom stereocenters. The van der Waals surface area contributed by atoms with E-state index in [9.17, 15) is 12.8 Å². The minimum absolute atomic E-state index is 0.103. The summed E-state index contributed by atoms with van der Waals surface area (Å²) in [6.07, 6.45) is 3.00. The molecule has 4 nitrogen and oxygen atoms in total. The SMILES string of the molecule is O=S1(=O)CCC(NCCOCC2CC2)c2cc(F)ccc21. The van der Waals surface area contributed by atoms with Gasteiger partial charge in [-0.3, -0.25) is 0 Å². The van der Waals surface area contributed by atoms with E-state index in [-0.39, 0.29) is 16.7 Å². The molecule has 0 bridgehead atoms.